The van der Waals surface area contributed by atoms with Gasteiger partial charge in [0, 0.05) is 0 Å². The molecule has 0 aliphatic heterocycles. The maximum absolute atomic E-state index is 2.39. The Hall–Kier alpha value is -0.260. The van der Waals surface area contributed by atoms with Crippen LogP contribution >= 0.6 is 0 Å². The number of rotatable bonds is 0. The highest BCUT2D eigenvalue weighted by atomic mass is 14.5. The zero-order valence-corrected chi connectivity index (χ0v) is 6.22. The summed E-state index contributed by atoms with van der Waals surface area (Å²) in [5, 5.41) is 0. The molecule has 2 rings (SSSR count). The lowest BCUT2D eigenvalue weighted by molar-refractivity contribution is 0.282. The third-order valence-corrected chi connectivity index (χ3v) is 3.20. The molecule has 0 unspecified atom stereocenters. The van der Waals surface area contributed by atoms with Crippen LogP contribution in [-0.2, 0) is 0 Å². The van der Waals surface area contributed by atoms with Crippen LogP contribution in [0.5, 0.6) is 0 Å². The third kappa shape index (κ3) is 0.540. The van der Waals surface area contributed by atoms with E-state index in [0.29, 0.717) is 5.41 Å². The largest absolute Gasteiger partial charge is 0.0837 e. The summed E-state index contributed by atoms with van der Waals surface area (Å²) in [6.45, 7) is 4.76. The van der Waals surface area contributed by atoms with E-state index in [2.05, 4.69) is 26.0 Å². The van der Waals surface area contributed by atoms with Gasteiger partial charge in [-0.2, -0.15) is 0 Å². The predicted molar refractivity (Wildman–Crippen MR) is 39.1 cm³/mol. The van der Waals surface area contributed by atoms with Crippen molar-refractivity contribution < 1.29 is 0 Å². The minimum absolute atomic E-state index is 0.624. The predicted octanol–water partition coefficient (Wildman–Crippen LogP) is 2.61. The van der Waals surface area contributed by atoms with Gasteiger partial charge in [-0.1, -0.05) is 26.0 Å². The summed E-state index contributed by atoms with van der Waals surface area (Å²) in [6, 6.07) is 0. The summed E-state index contributed by atoms with van der Waals surface area (Å²) in [6.07, 6.45) is 7.64. The molecule has 0 spiro atoms. The summed E-state index contributed by atoms with van der Waals surface area (Å²) in [7, 11) is 0. The van der Waals surface area contributed by atoms with E-state index < -0.39 is 0 Å². The normalized spacial score (nSPS) is 54.9. The molecule has 0 heteroatoms. The Kier molecular flexibility index (Phi) is 0.870. The van der Waals surface area contributed by atoms with E-state index in [1.165, 1.54) is 12.8 Å². The number of fused-ring (bicyclic) bond motifs is 1. The fourth-order valence-electron chi connectivity index (χ4n) is 2.34. The molecule has 0 amide bonds. The highest BCUT2D eigenvalue weighted by Crippen LogP contribution is 2.54. The van der Waals surface area contributed by atoms with Gasteiger partial charge in [0.1, 0.15) is 0 Å². The van der Waals surface area contributed by atoms with E-state index in [4.69, 9.17) is 0 Å². The molecule has 2 aliphatic rings. The fourth-order valence-corrected chi connectivity index (χ4v) is 2.34. The first kappa shape index (κ1) is 5.52. The van der Waals surface area contributed by atoms with Gasteiger partial charge in [0.05, 0.1) is 0 Å². The van der Waals surface area contributed by atoms with Crippen molar-refractivity contribution in [3.63, 3.8) is 0 Å². The molecule has 0 heterocycles. The van der Waals surface area contributed by atoms with Crippen LogP contribution in [0.2, 0.25) is 0 Å². The molecule has 50 valence electrons. The van der Waals surface area contributed by atoms with E-state index in [1.54, 1.807) is 0 Å². The van der Waals surface area contributed by atoms with Crippen molar-refractivity contribution >= 4 is 0 Å². The second kappa shape index (κ2) is 1.42. The van der Waals surface area contributed by atoms with Crippen LogP contribution in [0.1, 0.15) is 26.7 Å². The Morgan fingerprint density at radius 1 is 1.56 bits per heavy atom. The monoisotopic (exact) mass is 122 g/mol. The zero-order valence-electron chi connectivity index (χ0n) is 6.22. The van der Waals surface area contributed by atoms with E-state index in [1.807, 2.05) is 0 Å². The Labute approximate surface area is 57.0 Å². The van der Waals surface area contributed by atoms with Crippen molar-refractivity contribution in [3.8, 4) is 0 Å². The SMILES string of the molecule is C[C@@H]1CC[C@]2(C)C=C[C@@H]12. The van der Waals surface area contributed by atoms with Crippen molar-refractivity contribution in [2.75, 3.05) is 0 Å². The number of hydrogen-bond donors (Lipinski definition) is 0. The Bertz CT molecular complexity index is 157. The molecule has 0 saturated heterocycles. The standard InChI is InChI=1S/C9H14/c1-7-3-5-9(2)6-4-8(7)9/h4,6-8H,3,5H2,1-2H3/t7-,8+,9-/m1/s1. The first-order valence-electron chi connectivity index (χ1n) is 3.92. The molecule has 0 aromatic rings. The van der Waals surface area contributed by atoms with Crippen LogP contribution < -0.4 is 0 Å². The van der Waals surface area contributed by atoms with Gasteiger partial charge in [-0.05, 0) is 30.1 Å². The van der Waals surface area contributed by atoms with Crippen LogP contribution in [0, 0.1) is 17.3 Å². The maximum atomic E-state index is 2.39. The summed E-state index contributed by atoms with van der Waals surface area (Å²) in [5.74, 6) is 1.89. The van der Waals surface area contributed by atoms with Gasteiger partial charge in [0.25, 0.3) is 0 Å². The van der Waals surface area contributed by atoms with Crippen LogP contribution in [0.4, 0.5) is 0 Å². The third-order valence-electron chi connectivity index (χ3n) is 3.20. The van der Waals surface area contributed by atoms with Crippen molar-refractivity contribution in [3.05, 3.63) is 12.2 Å². The van der Waals surface area contributed by atoms with Gasteiger partial charge >= 0.3 is 0 Å². The van der Waals surface area contributed by atoms with Crippen LogP contribution in [0.25, 0.3) is 0 Å². The lowest BCUT2D eigenvalue weighted by Crippen LogP contribution is -2.27. The van der Waals surface area contributed by atoms with E-state index in [9.17, 15) is 0 Å². The number of allylic oxidation sites excluding steroid dienone is 2. The van der Waals surface area contributed by atoms with Crippen molar-refractivity contribution in [1.82, 2.24) is 0 Å². The molecule has 0 aromatic carbocycles. The summed E-state index contributed by atoms with van der Waals surface area (Å²) in [4.78, 5) is 0. The van der Waals surface area contributed by atoms with Gasteiger partial charge in [0.2, 0.25) is 0 Å². The van der Waals surface area contributed by atoms with Gasteiger partial charge < -0.3 is 0 Å². The molecule has 0 radical (unpaired) electrons. The van der Waals surface area contributed by atoms with Gasteiger partial charge in [-0.25, -0.2) is 0 Å². The maximum Gasteiger partial charge on any atom is -0.00810 e. The van der Waals surface area contributed by atoms with Crippen molar-refractivity contribution in [1.29, 1.82) is 0 Å². The number of hydrogen-bond acceptors (Lipinski definition) is 0. The molecular weight excluding hydrogens is 108 g/mol. The molecule has 0 bridgehead atoms. The van der Waals surface area contributed by atoms with Crippen LogP contribution in [-0.4, -0.2) is 0 Å². The van der Waals surface area contributed by atoms with E-state index in [-0.39, 0.29) is 0 Å². The van der Waals surface area contributed by atoms with Gasteiger partial charge in [0.15, 0.2) is 0 Å². The first-order valence-corrected chi connectivity index (χ1v) is 3.92. The Balaban J connectivity index is 2.25. The minimum Gasteiger partial charge on any atom is -0.0837 e. The van der Waals surface area contributed by atoms with Crippen LogP contribution in [0.3, 0.4) is 0 Å². The van der Waals surface area contributed by atoms with E-state index in [0.717, 1.165) is 11.8 Å². The lowest BCUT2D eigenvalue weighted by Gasteiger charge is -2.36. The molecule has 0 aromatic heterocycles. The zero-order chi connectivity index (χ0) is 6.48. The highest BCUT2D eigenvalue weighted by Gasteiger charge is 2.44. The molecule has 9 heavy (non-hydrogen) atoms. The lowest BCUT2D eigenvalue weighted by atomic mass is 9.69. The summed E-state index contributed by atoms with van der Waals surface area (Å²) < 4.78 is 0. The minimum atomic E-state index is 0.624. The summed E-state index contributed by atoms with van der Waals surface area (Å²) in [5.41, 5.74) is 0.624. The first-order chi connectivity index (χ1) is 4.22. The average Bonchev–Trinajstić information content (AvgIpc) is 1.93. The topological polar surface area (TPSA) is 0 Å². The van der Waals surface area contributed by atoms with Crippen molar-refractivity contribution in [2.45, 2.75) is 26.7 Å². The van der Waals surface area contributed by atoms with Crippen molar-refractivity contribution in [2.24, 2.45) is 17.3 Å². The Morgan fingerprint density at radius 3 is 2.56 bits per heavy atom. The molecule has 0 N–H and O–H groups in total. The smallest absolute Gasteiger partial charge is 0.00810 e. The van der Waals surface area contributed by atoms with Gasteiger partial charge in [-0.15, -0.1) is 0 Å². The quantitative estimate of drug-likeness (QED) is 0.433. The molecule has 1 fully saturated rings. The van der Waals surface area contributed by atoms with E-state index >= 15 is 0 Å². The summed E-state index contributed by atoms with van der Waals surface area (Å²) >= 11 is 0. The second-order valence-corrected chi connectivity index (χ2v) is 3.91. The second-order valence-electron chi connectivity index (χ2n) is 3.91. The molecule has 2 aliphatic carbocycles. The fraction of sp³-hybridized carbons (Fsp3) is 0.778. The molecule has 3 atom stereocenters. The van der Waals surface area contributed by atoms with Crippen LogP contribution in [0.15, 0.2) is 12.2 Å². The molecule has 1 saturated carbocycles. The molecule has 0 nitrogen and oxygen atoms in total. The average molecular weight is 122 g/mol. The Morgan fingerprint density at radius 2 is 2.33 bits per heavy atom. The highest BCUT2D eigenvalue weighted by molar-refractivity contribution is 5.21. The molecular formula is C9H14. The van der Waals surface area contributed by atoms with Gasteiger partial charge in [-0.3, -0.25) is 0 Å².